The summed E-state index contributed by atoms with van der Waals surface area (Å²) in [5.41, 5.74) is 2.98. The van der Waals surface area contributed by atoms with Crippen molar-refractivity contribution in [2.24, 2.45) is 0 Å². The van der Waals surface area contributed by atoms with E-state index in [0.29, 0.717) is 28.1 Å². The predicted molar refractivity (Wildman–Crippen MR) is 128 cm³/mol. The number of aromatic nitrogens is 4. The van der Waals surface area contributed by atoms with E-state index in [1.807, 2.05) is 32.9 Å². The molecule has 0 aliphatic carbocycles. The molecule has 0 spiro atoms. The second-order valence-corrected chi connectivity index (χ2v) is 8.89. The van der Waals surface area contributed by atoms with Crippen LogP contribution < -0.4 is 15.7 Å². The fraction of sp³-hybridized carbons (Fsp3) is 0.458. The first kappa shape index (κ1) is 26.7. The number of amides is 1. The molecule has 3 rings (SSSR count). The Bertz CT molecular complexity index is 1280. The third-order valence-corrected chi connectivity index (χ3v) is 5.50. The molecule has 10 heteroatoms. The van der Waals surface area contributed by atoms with E-state index in [1.54, 1.807) is 19.9 Å². The van der Waals surface area contributed by atoms with Gasteiger partial charge in [0.1, 0.15) is 18.9 Å². The minimum Gasteiger partial charge on any atom is -0.491 e. The van der Waals surface area contributed by atoms with E-state index in [0.717, 1.165) is 5.56 Å². The number of benzene rings is 1. The zero-order chi connectivity index (χ0) is 24.5. The fourth-order valence-corrected chi connectivity index (χ4v) is 3.37. The first-order valence-electron chi connectivity index (χ1n) is 10.6. The molecule has 3 N–H and O–H groups in total. The number of rotatable bonds is 7. The normalized spacial score (nSPS) is 11.3. The van der Waals surface area contributed by atoms with Crippen LogP contribution in [0.4, 0.5) is 0 Å². The highest BCUT2D eigenvalue weighted by Gasteiger charge is 2.21. The number of nitrogens with zero attached hydrogens (tertiary/aromatic N) is 4. The highest BCUT2D eigenvalue weighted by molar-refractivity contribution is 5.96. The Balaban J connectivity index is 0.00000408. The molecule has 0 bridgehead atoms. The summed E-state index contributed by atoms with van der Waals surface area (Å²) in [7, 11) is 1.52. The van der Waals surface area contributed by atoms with Crippen LogP contribution in [0.2, 0.25) is 0 Å². The van der Waals surface area contributed by atoms with E-state index in [2.05, 4.69) is 15.5 Å². The lowest BCUT2D eigenvalue weighted by molar-refractivity contribution is 0.0950. The lowest BCUT2D eigenvalue weighted by Crippen LogP contribution is -2.28. The van der Waals surface area contributed by atoms with Crippen LogP contribution in [0.3, 0.4) is 0 Å². The maximum absolute atomic E-state index is 13.2. The average Bonchev–Trinajstić information content (AvgIpc) is 3.08. The molecule has 0 saturated carbocycles. The predicted octanol–water partition coefficient (Wildman–Crippen LogP) is 2.17. The number of ether oxygens (including phenoxy) is 1. The van der Waals surface area contributed by atoms with Gasteiger partial charge in [-0.25, -0.2) is 4.68 Å². The van der Waals surface area contributed by atoms with Crippen molar-refractivity contribution < 1.29 is 19.4 Å². The third kappa shape index (κ3) is 5.17. The van der Waals surface area contributed by atoms with Gasteiger partial charge in [0.15, 0.2) is 17.1 Å². The number of carbonyl (C=O) groups is 2. The van der Waals surface area contributed by atoms with Gasteiger partial charge in [-0.1, -0.05) is 28.2 Å². The Labute approximate surface area is 199 Å². The summed E-state index contributed by atoms with van der Waals surface area (Å²) in [6.07, 6.45) is 0. The summed E-state index contributed by atoms with van der Waals surface area (Å²) in [5.74, 6) is -0.116. The van der Waals surface area contributed by atoms with Crippen LogP contribution in [0.25, 0.3) is 5.65 Å². The Kier molecular flexibility index (Phi) is 7.99. The molecule has 1 amide bonds. The molecule has 0 atom stereocenters. The highest BCUT2D eigenvalue weighted by Crippen LogP contribution is 2.28. The van der Waals surface area contributed by atoms with Crippen molar-refractivity contribution in [1.82, 2.24) is 24.7 Å². The Morgan fingerprint density at radius 3 is 2.41 bits per heavy atom. The number of aliphatic hydroxyl groups excluding tert-OH is 1. The number of ketones is 1. The van der Waals surface area contributed by atoms with Crippen LogP contribution in [0.5, 0.6) is 5.75 Å². The van der Waals surface area contributed by atoms with Gasteiger partial charge in [0.05, 0.1) is 6.61 Å². The van der Waals surface area contributed by atoms with Crippen molar-refractivity contribution in [3.05, 3.63) is 51.8 Å². The van der Waals surface area contributed by atoms with Crippen molar-refractivity contribution in [2.45, 2.75) is 54.0 Å². The van der Waals surface area contributed by atoms with Crippen molar-refractivity contribution in [2.75, 3.05) is 20.3 Å². The van der Waals surface area contributed by atoms with Gasteiger partial charge in [0.2, 0.25) is 5.62 Å². The van der Waals surface area contributed by atoms with E-state index in [-0.39, 0.29) is 55.6 Å². The second-order valence-electron chi connectivity index (χ2n) is 8.89. The van der Waals surface area contributed by atoms with Crippen molar-refractivity contribution >= 4 is 17.3 Å². The molecule has 1 aromatic carbocycles. The van der Waals surface area contributed by atoms with Crippen molar-refractivity contribution in [3.63, 3.8) is 0 Å². The maximum Gasteiger partial charge on any atom is 0.271 e. The number of carbonyl (C=O) groups excluding carboxylic acids is 2. The highest BCUT2D eigenvalue weighted by atomic mass is 16.5. The fourth-order valence-electron chi connectivity index (χ4n) is 3.37. The van der Waals surface area contributed by atoms with Gasteiger partial charge >= 0.3 is 0 Å². The number of aryl methyl sites for hydroxylation is 1. The first-order chi connectivity index (χ1) is 15.5. The quantitative estimate of drug-likeness (QED) is 0.453. The molecule has 0 aliphatic rings. The molecule has 0 unspecified atom stereocenters. The first-order valence-corrected chi connectivity index (χ1v) is 10.6. The molecule has 0 fully saturated rings. The standard InChI is InChI=1S/C23H30N6O4.CH4/c1-13-14(2)20-27-28(22(24)29(20)26-19(13)21(32)25-6)12-18(31)15-9-16(23(3,4)5)11-17(10-15)33-8-7-30;/h9-11,24,30H,7-8,12H2,1-6H3,(H,25,32);1H4. The average molecular weight is 471 g/mol. The lowest BCUT2D eigenvalue weighted by Gasteiger charge is -2.21. The number of hydrogen-bond donors (Lipinski definition) is 3. The Morgan fingerprint density at radius 2 is 1.82 bits per heavy atom. The van der Waals surface area contributed by atoms with E-state index < -0.39 is 0 Å². The number of hydrogen-bond acceptors (Lipinski definition) is 7. The largest absolute Gasteiger partial charge is 0.491 e. The zero-order valence-electron chi connectivity index (χ0n) is 19.8. The number of Topliss-reactive ketones (excluding diaryl/α,β-unsaturated/α-hetero) is 1. The maximum atomic E-state index is 13.2. The summed E-state index contributed by atoms with van der Waals surface area (Å²) in [6, 6.07) is 5.30. The van der Waals surface area contributed by atoms with Gasteiger partial charge < -0.3 is 15.2 Å². The number of fused-ring (bicyclic) bond motifs is 1. The molecule has 0 aliphatic heterocycles. The zero-order valence-corrected chi connectivity index (χ0v) is 19.8. The number of aliphatic hydroxyl groups is 1. The van der Waals surface area contributed by atoms with Gasteiger partial charge in [-0.3, -0.25) is 15.0 Å². The molecule has 3 aromatic rings. The summed E-state index contributed by atoms with van der Waals surface area (Å²) in [5, 5.41) is 28.8. The van der Waals surface area contributed by atoms with E-state index >= 15 is 0 Å². The molecule has 0 saturated heterocycles. The van der Waals surface area contributed by atoms with Gasteiger partial charge in [-0.2, -0.15) is 9.61 Å². The van der Waals surface area contributed by atoms with E-state index in [1.165, 1.54) is 16.2 Å². The smallest absolute Gasteiger partial charge is 0.271 e. The van der Waals surface area contributed by atoms with Gasteiger partial charge in [0, 0.05) is 18.2 Å². The summed E-state index contributed by atoms with van der Waals surface area (Å²) in [4.78, 5) is 25.4. The van der Waals surface area contributed by atoms with Gasteiger partial charge in [0.25, 0.3) is 5.91 Å². The van der Waals surface area contributed by atoms with Gasteiger partial charge in [-0.05, 0) is 48.6 Å². The molecule has 2 heterocycles. The van der Waals surface area contributed by atoms with Crippen molar-refractivity contribution in [1.29, 1.82) is 5.41 Å². The van der Waals surface area contributed by atoms with E-state index in [4.69, 9.17) is 15.3 Å². The molecular weight excluding hydrogens is 436 g/mol. The topological polar surface area (TPSA) is 135 Å². The monoisotopic (exact) mass is 470 g/mol. The van der Waals surface area contributed by atoms with Gasteiger partial charge in [-0.15, -0.1) is 5.10 Å². The van der Waals surface area contributed by atoms with Crippen LogP contribution in [0.1, 0.15) is 65.7 Å². The minimum atomic E-state index is -0.359. The Morgan fingerprint density at radius 1 is 1.15 bits per heavy atom. The summed E-state index contributed by atoms with van der Waals surface area (Å²) < 4.78 is 8.10. The van der Waals surface area contributed by atoms with Crippen LogP contribution in [-0.2, 0) is 12.0 Å². The Hall–Kier alpha value is -3.53. The van der Waals surface area contributed by atoms with Crippen LogP contribution in [0.15, 0.2) is 18.2 Å². The third-order valence-electron chi connectivity index (χ3n) is 5.50. The second kappa shape index (κ2) is 10.2. The van der Waals surface area contributed by atoms with Crippen LogP contribution >= 0.6 is 0 Å². The van der Waals surface area contributed by atoms with E-state index in [9.17, 15) is 9.59 Å². The molecular formula is C24H34N6O4. The molecule has 10 nitrogen and oxygen atoms in total. The molecule has 184 valence electrons. The summed E-state index contributed by atoms with van der Waals surface area (Å²) in [6.45, 7) is 9.48. The molecule has 2 aromatic heterocycles. The molecule has 34 heavy (non-hydrogen) atoms. The lowest BCUT2D eigenvalue weighted by atomic mass is 9.85. The minimum absolute atomic E-state index is 0. The molecule has 0 radical (unpaired) electrons. The van der Waals surface area contributed by atoms with Crippen LogP contribution in [0, 0.1) is 19.3 Å². The summed E-state index contributed by atoms with van der Waals surface area (Å²) >= 11 is 0. The van der Waals surface area contributed by atoms with Crippen molar-refractivity contribution in [3.8, 4) is 5.75 Å². The number of nitrogens with one attached hydrogen (secondary N) is 2. The SMILES string of the molecule is C.CNC(=O)c1nn2c(=N)n(CC(=O)c3cc(OCCO)cc(C(C)(C)C)c3)nc2c(C)c1C. The van der Waals surface area contributed by atoms with Crippen LogP contribution in [-0.4, -0.2) is 56.5 Å².